The Labute approximate surface area is 75.1 Å². The van der Waals surface area contributed by atoms with Crippen LogP contribution in [0.5, 0.6) is 0 Å². The average Bonchev–Trinajstić information content (AvgIpc) is 1.81. The molecule has 86 valence electrons. The first kappa shape index (κ1) is 13.5. The minimum absolute atomic E-state index is 0.395. The van der Waals surface area contributed by atoms with Crippen LogP contribution in [0.1, 0.15) is 13.8 Å². The molecule has 0 rings (SSSR count). The van der Waals surface area contributed by atoms with Gasteiger partial charge in [-0.2, -0.15) is 30.7 Å². The molecule has 0 atom stereocenters. The first-order valence-corrected chi connectivity index (χ1v) is 3.36. The van der Waals surface area contributed by atoms with Gasteiger partial charge in [-0.05, 0) is 13.8 Å². The van der Waals surface area contributed by atoms with Gasteiger partial charge in [-0.3, -0.25) is 0 Å². The maximum absolute atomic E-state index is 12.6. The fourth-order valence-electron chi connectivity index (χ4n) is 0.583. The highest BCUT2D eigenvalue weighted by Gasteiger charge is 2.76. The summed E-state index contributed by atoms with van der Waals surface area (Å²) >= 11 is 0. The largest absolute Gasteiger partial charge is 0.459 e. The van der Waals surface area contributed by atoms with Crippen LogP contribution in [-0.2, 0) is 0 Å². The van der Waals surface area contributed by atoms with Crippen LogP contribution in [0.3, 0.4) is 0 Å². The molecule has 0 saturated carbocycles. The van der Waals surface area contributed by atoms with E-state index in [0.717, 1.165) is 0 Å². The van der Waals surface area contributed by atoms with E-state index in [1.807, 2.05) is 0 Å². The van der Waals surface area contributed by atoms with Crippen molar-refractivity contribution in [1.82, 2.24) is 0 Å². The molecule has 0 aliphatic rings. The maximum Gasteiger partial charge on any atom is 0.459 e. The molecule has 0 aromatic rings. The molecule has 1 nitrogen and oxygen atoms in total. The molecule has 14 heavy (non-hydrogen) atoms. The van der Waals surface area contributed by atoms with Crippen molar-refractivity contribution in [1.29, 1.82) is 0 Å². The molecular formula is C6H8F7N. The number of alkyl halides is 7. The predicted octanol–water partition coefficient (Wildman–Crippen LogP) is 2.56. The minimum Gasteiger partial charge on any atom is -0.320 e. The molecule has 0 aromatic carbocycles. The Morgan fingerprint density at radius 3 is 1.07 bits per heavy atom. The summed E-state index contributed by atoms with van der Waals surface area (Å²) in [6.45, 7) is 0.791. The van der Waals surface area contributed by atoms with E-state index in [1.54, 1.807) is 0 Å². The summed E-state index contributed by atoms with van der Waals surface area (Å²) in [5.74, 6) is -11.5. The highest BCUT2D eigenvalue weighted by Crippen LogP contribution is 2.50. The Morgan fingerprint density at radius 1 is 0.714 bits per heavy atom. The van der Waals surface area contributed by atoms with Crippen molar-refractivity contribution in [2.24, 2.45) is 5.73 Å². The predicted molar refractivity (Wildman–Crippen MR) is 34.2 cm³/mol. The monoisotopic (exact) mass is 227 g/mol. The van der Waals surface area contributed by atoms with Crippen LogP contribution < -0.4 is 5.73 Å². The zero-order valence-electron chi connectivity index (χ0n) is 7.22. The maximum atomic E-state index is 12.6. The van der Waals surface area contributed by atoms with Gasteiger partial charge in [-0.15, -0.1) is 0 Å². The summed E-state index contributed by atoms with van der Waals surface area (Å²) < 4.78 is 84.4. The lowest BCUT2D eigenvalue weighted by Gasteiger charge is -2.36. The van der Waals surface area contributed by atoms with E-state index >= 15 is 0 Å². The normalized spacial score (nSPS) is 15.9. The van der Waals surface area contributed by atoms with Crippen LogP contribution in [0.15, 0.2) is 0 Å². The SMILES string of the molecule is CC(C)(N)C(F)(F)C(F)(F)C(F)(F)F. The molecule has 2 N–H and O–H groups in total. The molecule has 0 spiro atoms. The molecule has 0 unspecified atom stereocenters. The lowest BCUT2D eigenvalue weighted by atomic mass is 9.92. The van der Waals surface area contributed by atoms with Crippen molar-refractivity contribution in [3.63, 3.8) is 0 Å². The van der Waals surface area contributed by atoms with Crippen molar-refractivity contribution in [3.05, 3.63) is 0 Å². The van der Waals surface area contributed by atoms with Gasteiger partial charge < -0.3 is 5.73 Å². The smallest absolute Gasteiger partial charge is 0.320 e. The Morgan fingerprint density at radius 2 is 1.00 bits per heavy atom. The number of rotatable bonds is 2. The second kappa shape index (κ2) is 2.98. The molecule has 0 radical (unpaired) electrons. The van der Waals surface area contributed by atoms with Gasteiger partial charge >= 0.3 is 18.0 Å². The van der Waals surface area contributed by atoms with Gasteiger partial charge in [0.1, 0.15) is 0 Å². The summed E-state index contributed by atoms with van der Waals surface area (Å²) in [5.41, 5.74) is 1.60. The Hall–Kier alpha value is -0.530. The number of halogens is 7. The molecular weight excluding hydrogens is 219 g/mol. The Bertz CT molecular complexity index is 187. The van der Waals surface area contributed by atoms with E-state index in [1.165, 1.54) is 0 Å². The Balaban J connectivity index is 5.30. The van der Waals surface area contributed by atoms with Crippen molar-refractivity contribution in [2.75, 3.05) is 0 Å². The molecule has 0 amide bonds. The first-order valence-electron chi connectivity index (χ1n) is 3.36. The average molecular weight is 227 g/mol. The number of hydrogen-bond acceptors (Lipinski definition) is 1. The van der Waals surface area contributed by atoms with E-state index in [9.17, 15) is 30.7 Å². The van der Waals surface area contributed by atoms with Crippen molar-refractivity contribution in [2.45, 2.75) is 37.4 Å². The second-order valence-electron chi connectivity index (χ2n) is 3.37. The standard InChI is InChI=1S/C6H8F7N/c1-3(2,14)4(7,8)5(9,10)6(11,12)13/h14H2,1-2H3. The lowest BCUT2D eigenvalue weighted by Crippen LogP contribution is -2.65. The third-order valence-corrected chi connectivity index (χ3v) is 1.56. The molecule has 0 aromatic heterocycles. The zero-order valence-corrected chi connectivity index (χ0v) is 7.22. The third kappa shape index (κ3) is 1.79. The topological polar surface area (TPSA) is 26.0 Å². The van der Waals surface area contributed by atoms with E-state index in [2.05, 4.69) is 5.73 Å². The van der Waals surface area contributed by atoms with Gasteiger partial charge in [0.15, 0.2) is 0 Å². The summed E-state index contributed by atoms with van der Waals surface area (Å²) in [7, 11) is 0. The fourth-order valence-corrected chi connectivity index (χ4v) is 0.583. The summed E-state index contributed by atoms with van der Waals surface area (Å²) in [4.78, 5) is 0. The number of hydrogen-bond donors (Lipinski definition) is 1. The fraction of sp³-hybridized carbons (Fsp3) is 1.00. The van der Waals surface area contributed by atoms with Crippen molar-refractivity contribution in [3.8, 4) is 0 Å². The van der Waals surface area contributed by atoms with Crippen LogP contribution in [0.2, 0.25) is 0 Å². The summed E-state index contributed by atoms with van der Waals surface area (Å²) in [5, 5.41) is 0. The van der Waals surface area contributed by atoms with Gasteiger partial charge in [-0.1, -0.05) is 0 Å². The van der Waals surface area contributed by atoms with E-state index in [0.29, 0.717) is 13.8 Å². The highest BCUT2D eigenvalue weighted by molar-refractivity contribution is 5.03. The molecule has 8 heteroatoms. The lowest BCUT2D eigenvalue weighted by molar-refractivity contribution is -0.365. The minimum atomic E-state index is -6.33. The van der Waals surface area contributed by atoms with Gasteiger partial charge in [-0.25, -0.2) is 0 Å². The quantitative estimate of drug-likeness (QED) is 0.721. The van der Waals surface area contributed by atoms with Gasteiger partial charge in [0.25, 0.3) is 0 Å². The van der Waals surface area contributed by atoms with Gasteiger partial charge in [0, 0.05) is 0 Å². The molecule has 0 bridgehead atoms. The van der Waals surface area contributed by atoms with Crippen LogP contribution in [-0.4, -0.2) is 23.6 Å². The molecule has 0 aliphatic carbocycles. The molecule has 0 heterocycles. The second-order valence-corrected chi connectivity index (χ2v) is 3.37. The van der Waals surface area contributed by atoms with Crippen molar-refractivity contribution >= 4 is 0 Å². The van der Waals surface area contributed by atoms with E-state index in [-0.39, 0.29) is 0 Å². The van der Waals surface area contributed by atoms with Crippen LogP contribution in [0, 0.1) is 0 Å². The number of nitrogens with two attached hydrogens (primary N) is 1. The van der Waals surface area contributed by atoms with Crippen LogP contribution in [0.25, 0.3) is 0 Å². The summed E-state index contributed by atoms with van der Waals surface area (Å²) in [6, 6.07) is 0. The highest BCUT2D eigenvalue weighted by atomic mass is 19.4. The van der Waals surface area contributed by atoms with Gasteiger partial charge in [0.05, 0.1) is 5.54 Å². The van der Waals surface area contributed by atoms with Crippen LogP contribution in [0.4, 0.5) is 30.7 Å². The Kier molecular flexibility index (Phi) is 2.87. The van der Waals surface area contributed by atoms with E-state index in [4.69, 9.17) is 0 Å². The first-order chi connectivity index (χ1) is 5.75. The summed E-state index contributed by atoms with van der Waals surface area (Å²) in [6.07, 6.45) is -6.33. The third-order valence-electron chi connectivity index (χ3n) is 1.56. The van der Waals surface area contributed by atoms with Crippen LogP contribution >= 0.6 is 0 Å². The van der Waals surface area contributed by atoms with E-state index < -0.39 is 23.6 Å². The molecule has 0 saturated heterocycles. The molecule has 0 aliphatic heterocycles. The zero-order chi connectivity index (χ0) is 12.0. The van der Waals surface area contributed by atoms with Crippen molar-refractivity contribution < 1.29 is 30.7 Å². The molecule has 0 fully saturated rings. The van der Waals surface area contributed by atoms with Gasteiger partial charge in [0.2, 0.25) is 0 Å².